The lowest BCUT2D eigenvalue weighted by atomic mass is 10.3. The quantitative estimate of drug-likeness (QED) is 0.846. The van der Waals surface area contributed by atoms with Crippen LogP contribution in [0.1, 0.15) is 6.92 Å². The van der Waals surface area contributed by atoms with Gasteiger partial charge in [0.25, 0.3) is 0 Å². The molecular weight excluding hydrogens is 217 g/mol. The molecule has 0 saturated carbocycles. The average Bonchev–Trinajstić information content (AvgIpc) is 2.33. The number of hydrogen-bond donors (Lipinski definition) is 2. The first-order valence-corrected chi connectivity index (χ1v) is 5.52. The highest BCUT2D eigenvalue weighted by atomic mass is 19.1. The standard InChI is InChI=1S/C13H14FN3/c1-2-15-12-8-5-9-13(17-12)16-11-7-4-3-6-10(11)14/h3-9H,2H2,1H3,(H2,15,16,17). The molecule has 2 rings (SSSR count). The van der Waals surface area contributed by atoms with E-state index in [9.17, 15) is 4.39 Å². The lowest BCUT2D eigenvalue weighted by Gasteiger charge is -2.08. The van der Waals surface area contributed by atoms with Gasteiger partial charge in [0.1, 0.15) is 17.5 Å². The molecule has 0 aliphatic heterocycles. The van der Waals surface area contributed by atoms with Crippen LogP contribution in [0.3, 0.4) is 0 Å². The molecule has 3 nitrogen and oxygen atoms in total. The van der Waals surface area contributed by atoms with Crippen molar-refractivity contribution in [2.45, 2.75) is 6.92 Å². The van der Waals surface area contributed by atoms with E-state index in [2.05, 4.69) is 15.6 Å². The SMILES string of the molecule is CCNc1cccc(Nc2ccccc2F)n1. The van der Waals surface area contributed by atoms with Gasteiger partial charge in [0, 0.05) is 6.54 Å². The smallest absolute Gasteiger partial charge is 0.146 e. The highest BCUT2D eigenvalue weighted by Gasteiger charge is 2.02. The van der Waals surface area contributed by atoms with Gasteiger partial charge in [-0.15, -0.1) is 0 Å². The van der Waals surface area contributed by atoms with Gasteiger partial charge in [-0.1, -0.05) is 18.2 Å². The van der Waals surface area contributed by atoms with E-state index in [1.165, 1.54) is 6.07 Å². The van der Waals surface area contributed by atoms with Gasteiger partial charge < -0.3 is 10.6 Å². The van der Waals surface area contributed by atoms with Crippen LogP contribution in [0, 0.1) is 5.82 Å². The van der Waals surface area contributed by atoms with E-state index in [1.807, 2.05) is 19.1 Å². The monoisotopic (exact) mass is 231 g/mol. The summed E-state index contributed by atoms with van der Waals surface area (Å²) in [5, 5.41) is 6.05. The number of nitrogens with one attached hydrogen (secondary N) is 2. The molecule has 0 radical (unpaired) electrons. The minimum atomic E-state index is -0.289. The van der Waals surface area contributed by atoms with Crippen LogP contribution in [0.15, 0.2) is 42.5 Å². The maximum Gasteiger partial charge on any atom is 0.146 e. The second-order valence-electron chi connectivity index (χ2n) is 3.54. The summed E-state index contributed by atoms with van der Waals surface area (Å²) in [5.74, 6) is 1.10. The molecule has 0 unspecified atom stereocenters. The molecule has 0 aliphatic carbocycles. The van der Waals surface area contributed by atoms with Crippen molar-refractivity contribution in [2.75, 3.05) is 17.2 Å². The number of halogens is 1. The van der Waals surface area contributed by atoms with Gasteiger partial charge in [-0.25, -0.2) is 9.37 Å². The number of benzene rings is 1. The highest BCUT2D eigenvalue weighted by Crippen LogP contribution is 2.18. The van der Waals surface area contributed by atoms with Crippen LogP contribution < -0.4 is 10.6 Å². The molecule has 0 atom stereocenters. The fourth-order valence-corrected chi connectivity index (χ4v) is 1.48. The van der Waals surface area contributed by atoms with Crippen molar-refractivity contribution in [3.05, 3.63) is 48.3 Å². The summed E-state index contributed by atoms with van der Waals surface area (Å²) in [6.07, 6.45) is 0. The first kappa shape index (κ1) is 11.4. The zero-order valence-corrected chi connectivity index (χ0v) is 9.57. The fraction of sp³-hybridized carbons (Fsp3) is 0.154. The number of hydrogen-bond acceptors (Lipinski definition) is 3. The van der Waals surface area contributed by atoms with Crippen molar-refractivity contribution in [3.63, 3.8) is 0 Å². The normalized spacial score (nSPS) is 10.0. The van der Waals surface area contributed by atoms with Crippen LogP contribution in [0.4, 0.5) is 21.7 Å². The van der Waals surface area contributed by atoms with Crippen LogP contribution in [-0.2, 0) is 0 Å². The molecule has 0 aliphatic rings. The highest BCUT2D eigenvalue weighted by molar-refractivity contribution is 5.58. The predicted octanol–water partition coefficient (Wildman–Crippen LogP) is 3.40. The number of nitrogens with zero attached hydrogens (tertiary/aromatic N) is 1. The first-order valence-electron chi connectivity index (χ1n) is 5.52. The van der Waals surface area contributed by atoms with Gasteiger partial charge >= 0.3 is 0 Å². The Morgan fingerprint density at radius 2 is 1.82 bits per heavy atom. The van der Waals surface area contributed by atoms with Gasteiger partial charge in [-0.3, -0.25) is 0 Å². The van der Waals surface area contributed by atoms with Crippen molar-refractivity contribution < 1.29 is 4.39 Å². The van der Waals surface area contributed by atoms with Gasteiger partial charge in [-0.2, -0.15) is 0 Å². The molecule has 2 N–H and O–H groups in total. The van der Waals surface area contributed by atoms with E-state index in [4.69, 9.17) is 0 Å². The molecule has 2 aromatic rings. The molecule has 0 amide bonds. The summed E-state index contributed by atoms with van der Waals surface area (Å²) >= 11 is 0. The van der Waals surface area contributed by atoms with Crippen molar-refractivity contribution in [3.8, 4) is 0 Å². The Morgan fingerprint density at radius 1 is 1.06 bits per heavy atom. The van der Waals surface area contributed by atoms with Crippen LogP contribution in [-0.4, -0.2) is 11.5 Å². The number of pyridine rings is 1. The largest absolute Gasteiger partial charge is 0.370 e. The van der Waals surface area contributed by atoms with Gasteiger partial charge in [0.15, 0.2) is 0 Å². The molecule has 4 heteroatoms. The Balaban J connectivity index is 2.18. The molecule has 1 aromatic heterocycles. The maximum absolute atomic E-state index is 13.4. The third-order valence-corrected chi connectivity index (χ3v) is 2.24. The third-order valence-electron chi connectivity index (χ3n) is 2.24. The Morgan fingerprint density at radius 3 is 2.59 bits per heavy atom. The number of aromatic nitrogens is 1. The zero-order chi connectivity index (χ0) is 12.1. The first-order chi connectivity index (χ1) is 8.29. The zero-order valence-electron chi connectivity index (χ0n) is 9.57. The fourth-order valence-electron chi connectivity index (χ4n) is 1.48. The predicted molar refractivity (Wildman–Crippen MR) is 68.1 cm³/mol. The molecule has 0 fully saturated rings. The summed E-state index contributed by atoms with van der Waals surface area (Å²) in [4.78, 5) is 4.31. The molecule has 1 aromatic carbocycles. The van der Waals surface area contributed by atoms with Crippen molar-refractivity contribution in [1.29, 1.82) is 0 Å². The minimum Gasteiger partial charge on any atom is -0.370 e. The van der Waals surface area contributed by atoms with Crippen molar-refractivity contribution >= 4 is 17.3 Å². The minimum absolute atomic E-state index is 0.289. The van der Waals surface area contributed by atoms with Crippen LogP contribution in [0.5, 0.6) is 0 Å². The van der Waals surface area contributed by atoms with Crippen LogP contribution in [0.25, 0.3) is 0 Å². The topological polar surface area (TPSA) is 37.0 Å². The van der Waals surface area contributed by atoms with E-state index < -0.39 is 0 Å². The Bertz CT molecular complexity index is 500. The maximum atomic E-state index is 13.4. The van der Waals surface area contributed by atoms with Crippen LogP contribution in [0.2, 0.25) is 0 Å². The van der Waals surface area contributed by atoms with E-state index in [0.29, 0.717) is 11.5 Å². The molecular formula is C13H14FN3. The molecule has 0 saturated heterocycles. The van der Waals surface area contributed by atoms with Gasteiger partial charge in [0.05, 0.1) is 5.69 Å². The molecule has 0 bridgehead atoms. The van der Waals surface area contributed by atoms with E-state index >= 15 is 0 Å². The van der Waals surface area contributed by atoms with E-state index in [0.717, 1.165) is 12.4 Å². The second-order valence-corrected chi connectivity index (χ2v) is 3.54. The lowest BCUT2D eigenvalue weighted by molar-refractivity contribution is 0.632. The third kappa shape index (κ3) is 2.93. The van der Waals surface area contributed by atoms with Gasteiger partial charge in [0.2, 0.25) is 0 Å². The van der Waals surface area contributed by atoms with E-state index in [-0.39, 0.29) is 5.82 Å². The summed E-state index contributed by atoms with van der Waals surface area (Å²) in [7, 11) is 0. The molecule has 0 spiro atoms. The summed E-state index contributed by atoms with van der Waals surface area (Å²) in [5.41, 5.74) is 0.425. The van der Waals surface area contributed by atoms with Crippen molar-refractivity contribution in [2.24, 2.45) is 0 Å². The summed E-state index contributed by atoms with van der Waals surface area (Å²) in [6.45, 7) is 2.80. The molecule has 1 heterocycles. The van der Waals surface area contributed by atoms with Crippen LogP contribution >= 0.6 is 0 Å². The lowest BCUT2D eigenvalue weighted by Crippen LogP contribution is -2.01. The number of para-hydroxylation sites is 1. The molecule has 17 heavy (non-hydrogen) atoms. The number of anilines is 3. The Hall–Kier alpha value is -2.10. The molecule has 88 valence electrons. The van der Waals surface area contributed by atoms with E-state index in [1.54, 1.807) is 24.3 Å². The summed E-state index contributed by atoms with van der Waals surface area (Å²) < 4.78 is 13.4. The Kier molecular flexibility index (Phi) is 3.55. The summed E-state index contributed by atoms with van der Waals surface area (Å²) in [6, 6.07) is 12.1. The second kappa shape index (κ2) is 5.30. The van der Waals surface area contributed by atoms with Crippen molar-refractivity contribution in [1.82, 2.24) is 4.98 Å². The average molecular weight is 231 g/mol. The number of rotatable bonds is 4. The van der Waals surface area contributed by atoms with Gasteiger partial charge in [-0.05, 0) is 31.2 Å². The Labute approximate surface area is 99.7 Å².